The minimum absolute atomic E-state index is 0.395. The van der Waals surface area contributed by atoms with Gasteiger partial charge in [0.15, 0.2) is 0 Å². The van der Waals surface area contributed by atoms with Gasteiger partial charge >= 0.3 is 0 Å². The van der Waals surface area contributed by atoms with Crippen molar-refractivity contribution in [3.05, 3.63) is 18.2 Å². The summed E-state index contributed by atoms with van der Waals surface area (Å²) in [5.74, 6) is 0.521. The van der Waals surface area contributed by atoms with Gasteiger partial charge in [-0.2, -0.15) is 0 Å². The third-order valence-corrected chi connectivity index (χ3v) is 3.87. The molecule has 0 aliphatic rings. The van der Waals surface area contributed by atoms with E-state index in [9.17, 15) is 8.42 Å². The second-order valence-corrected chi connectivity index (χ2v) is 5.89. The van der Waals surface area contributed by atoms with E-state index in [2.05, 4.69) is 4.72 Å². The van der Waals surface area contributed by atoms with Gasteiger partial charge in [-0.15, -0.1) is 0 Å². The van der Waals surface area contributed by atoms with Gasteiger partial charge in [0.1, 0.15) is 5.75 Å². The Morgan fingerprint density at radius 3 is 2.44 bits per heavy atom. The molecule has 0 amide bonds. The van der Waals surface area contributed by atoms with Crippen LogP contribution in [0.1, 0.15) is 13.8 Å². The molecule has 6 heteroatoms. The summed E-state index contributed by atoms with van der Waals surface area (Å²) in [6.07, 6.45) is 0. The number of anilines is 2. The molecule has 0 aromatic heterocycles. The maximum Gasteiger partial charge on any atom is 0.235 e. The van der Waals surface area contributed by atoms with E-state index in [-0.39, 0.29) is 0 Å². The van der Waals surface area contributed by atoms with Crippen molar-refractivity contribution in [2.45, 2.75) is 19.1 Å². The molecule has 0 radical (unpaired) electrons. The van der Waals surface area contributed by atoms with E-state index in [1.807, 2.05) is 0 Å². The Bertz CT molecular complexity index is 469. The van der Waals surface area contributed by atoms with Crippen LogP contribution in [0.3, 0.4) is 0 Å². The monoisotopic (exact) mass is 244 g/mol. The van der Waals surface area contributed by atoms with Crippen molar-refractivity contribution < 1.29 is 13.2 Å². The summed E-state index contributed by atoms with van der Waals surface area (Å²) < 4.78 is 30.6. The smallest absolute Gasteiger partial charge is 0.235 e. The molecule has 0 spiro atoms. The van der Waals surface area contributed by atoms with E-state index < -0.39 is 15.3 Å². The second kappa shape index (κ2) is 4.61. The number of ether oxygens (including phenoxy) is 1. The molecule has 0 saturated carbocycles. The first-order valence-electron chi connectivity index (χ1n) is 4.82. The number of hydrogen-bond donors (Lipinski definition) is 2. The average Bonchev–Trinajstić information content (AvgIpc) is 2.17. The molecule has 16 heavy (non-hydrogen) atoms. The normalized spacial score (nSPS) is 11.5. The number of nitrogen functional groups attached to an aromatic ring is 1. The summed E-state index contributed by atoms with van der Waals surface area (Å²) in [7, 11) is -1.83. The Kier molecular flexibility index (Phi) is 3.64. The predicted molar refractivity (Wildman–Crippen MR) is 65.1 cm³/mol. The van der Waals surface area contributed by atoms with Crippen molar-refractivity contribution in [1.82, 2.24) is 0 Å². The zero-order chi connectivity index (χ0) is 12.3. The van der Waals surface area contributed by atoms with Crippen LogP contribution in [0.5, 0.6) is 5.75 Å². The summed E-state index contributed by atoms with van der Waals surface area (Å²) in [6.45, 7) is 3.21. The average molecular weight is 244 g/mol. The molecule has 0 aliphatic carbocycles. The first-order valence-corrected chi connectivity index (χ1v) is 6.36. The lowest BCUT2D eigenvalue weighted by molar-refractivity contribution is 0.417. The summed E-state index contributed by atoms with van der Waals surface area (Å²) in [6, 6.07) is 4.75. The van der Waals surface area contributed by atoms with Crippen molar-refractivity contribution >= 4 is 21.4 Å². The molecule has 0 atom stereocenters. The largest absolute Gasteiger partial charge is 0.495 e. The van der Waals surface area contributed by atoms with Gasteiger partial charge in [0.05, 0.1) is 23.7 Å². The number of sulfonamides is 1. The third kappa shape index (κ3) is 2.79. The van der Waals surface area contributed by atoms with Gasteiger partial charge in [0.2, 0.25) is 10.0 Å². The first-order chi connectivity index (χ1) is 7.36. The molecule has 0 heterocycles. The van der Waals surface area contributed by atoms with E-state index in [1.54, 1.807) is 26.0 Å². The van der Waals surface area contributed by atoms with Gasteiger partial charge in [0.25, 0.3) is 0 Å². The zero-order valence-corrected chi connectivity index (χ0v) is 10.3. The van der Waals surface area contributed by atoms with E-state index >= 15 is 0 Å². The van der Waals surface area contributed by atoms with Crippen molar-refractivity contribution in [2.24, 2.45) is 0 Å². The molecule has 0 saturated heterocycles. The van der Waals surface area contributed by atoms with Gasteiger partial charge in [0, 0.05) is 0 Å². The van der Waals surface area contributed by atoms with Gasteiger partial charge in [-0.05, 0) is 32.0 Å². The molecule has 1 aromatic carbocycles. The minimum atomic E-state index is -3.33. The van der Waals surface area contributed by atoms with Crippen molar-refractivity contribution in [3.63, 3.8) is 0 Å². The second-order valence-electron chi connectivity index (χ2n) is 3.65. The van der Waals surface area contributed by atoms with Crippen LogP contribution in [0.4, 0.5) is 11.4 Å². The minimum Gasteiger partial charge on any atom is -0.495 e. The highest BCUT2D eigenvalue weighted by Crippen LogP contribution is 2.25. The Balaban J connectivity index is 2.96. The molecule has 1 aromatic rings. The number of rotatable bonds is 4. The standard InChI is InChI=1S/C10H16N2O3S/c1-7(2)16(13,14)12-8-4-5-10(15-3)9(11)6-8/h4-7,12H,11H2,1-3H3. The van der Waals surface area contributed by atoms with Crippen LogP contribution in [0.2, 0.25) is 0 Å². The van der Waals surface area contributed by atoms with Crippen molar-refractivity contribution in [2.75, 3.05) is 17.6 Å². The Labute approximate surface area is 95.7 Å². The maximum atomic E-state index is 11.6. The Hall–Kier alpha value is -1.43. The van der Waals surface area contributed by atoms with Gasteiger partial charge < -0.3 is 10.5 Å². The fourth-order valence-electron chi connectivity index (χ4n) is 1.08. The SMILES string of the molecule is COc1ccc(NS(=O)(=O)C(C)C)cc1N. The van der Waals surface area contributed by atoms with Gasteiger partial charge in [-0.25, -0.2) is 8.42 Å². The molecule has 90 valence electrons. The number of methoxy groups -OCH3 is 1. The molecule has 0 bridgehead atoms. The molecule has 3 N–H and O–H groups in total. The molecular formula is C10H16N2O3S. The fourth-order valence-corrected chi connectivity index (χ4v) is 1.77. The first kappa shape index (κ1) is 12.6. The number of nitrogens with two attached hydrogens (primary N) is 1. The highest BCUT2D eigenvalue weighted by atomic mass is 32.2. The van der Waals surface area contributed by atoms with Crippen LogP contribution in [0, 0.1) is 0 Å². The third-order valence-electron chi connectivity index (χ3n) is 2.11. The number of nitrogens with one attached hydrogen (secondary N) is 1. The summed E-state index contributed by atoms with van der Waals surface area (Å²) in [5.41, 5.74) is 6.50. The van der Waals surface area contributed by atoms with Crippen LogP contribution < -0.4 is 15.2 Å². The highest BCUT2D eigenvalue weighted by molar-refractivity contribution is 7.93. The van der Waals surface area contributed by atoms with E-state index in [0.29, 0.717) is 17.1 Å². The van der Waals surface area contributed by atoms with Crippen LogP contribution in [-0.4, -0.2) is 20.8 Å². The van der Waals surface area contributed by atoms with Crippen LogP contribution in [0.25, 0.3) is 0 Å². The molecular weight excluding hydrogens is 228 g/mol. The summed E-state index contributed by atoms with van der Waals surface area (Å²) in [5, 5.41) is -0.490. The topological polar surface area (TPSA) is 81.4 Å². The summed E-state index contributed by atoms with van der Waals surface area (Å²) >= 11 is 0. The van der Waals surface area contributed by atoms with E-state index in [1.165, 1.54) is 13.2 Å². The number of benzene rings is 1. The van der Waals surface area contributed by atoms with E-state index in [4.69, 9.17) is 10.5 Å². The summed E-state index contributed by atoms with van der Waals surface area (Å²) in [4.78, 5) is 0. The van der Waals surface area contributed by atoms with E-state index in [0.717, 1.165) is 0 Å². The lowest BCUT2D eigenvalue weighted by atomic mass is 10.2. The van der Waals surface area contributed by atoms with Crippen LogP contribution in [-0.2, 0) is 10.0 Å². The van der Waals surface area contributed by atoms with Gasteiger partial charge in [-0.3, -0.25) is 4.72 Å². The predicted octanol–water partition coefficient (Wildman–Crippen LogP) is 1.43. The van der Waals surface area contributed by atoms with Gasteiger partial charge in [-0.1, -0.05) is 0 Å². The fraction of sp³-hybridized carbons (Fsp3) is 0.400. The highest BCUT2D eigenvalue weighted by Gasteiger charge is 2.15. The zero-order valence-electron chi connectivity index (χ0n) is 9.52. The Morgan fingerprint density at radius 1 is 1.38 bits per heavy atom. The Morgan fingerprint density at radius 2 is 2.00 bits per heavy atom. The lowest BCUT2D eigenvalue weighted by Gasteiger charge is -2.12. The number of hydrogen-bond acceptors (Lipinski definition) is 4. The lowest BCUT2D eigenvalue weighted by Crippen LogP contribution is -2.22. The quantitative estimate of drug-likeness (QED) is 0.785. The van der Waals surface area contributed by atoms with Crippen molar-refractivity contribution in [3.8, 4) is 5.75 Å². The molecule has 0 fully saturated rings. The van der Waals surface area contributed by atoms with Crippen LogP contribution >= 0.6 is 0 Å². The molecule has 0 unspecified atom stereocenters. The molecule has 5 nitrogen and oxygen atoms in total. The maximum absolute atomic E-state index is 11.6. The molecule has 0 aliphatic heterocycles. The molecule has 1 rings (SSSR count). The van der Waals surface area contributed by atoms with Crippen LogP contribution in [0.15, 0.2) is 18.2 Å². The van der Waals surface area contributed by atoms with Crippen molar-refractivity contribution in [1.29, 1.82) is 0 Å².